The van der Waals surface area contributed by atoms with Crippen molar-refractivity contribution in [1.29, 1.82) is 0 Å². The Kier molecular flexibility index (Phi) is 3.69. The van der Waals surface area contributed by atoms with Crippen molar-refractivity contribution in [2.75, 3.05) is 18.9 Å². The molecule has 1 amide bonds. The van der Waals surface area contributed by atoms with Crippen LogP contribution < -0.4 is 10.6 Å². The van der Waals surface area contributed by atoms with Crippen molar-refractivity contribution in [3.63, 3.8) is 0 Å². The molecule has 2 unspecified atom stereocenters. The largest absolute Gasteiger partial charge is 0.379 e. The third-order valence-corrected chi connectivity index (χ3v) is 3.51. The lowest BCUT2D eigenvalue weighted by atomic mass is 10.1. The number of nitro benzene ring substituents is 1. The lowest BCUT2D eigenvalue weighted by molar-refractivity contribution is -0.384. The van der Waals surface area contributed by atoms with Gasteiger partial charge in [-0.1, -0.05) is 6.92 Å². The molecular weight excluding hydrogens is 246 g/mol. The number of anilines is 1. The molecule has 0 heterocycles. The summed E-state index contributed by atoms with van der Waals surface area (Å²) in [4.78, 5) is 22.0. The van der Waals surface area contributed by atoms with Gasteiger partial charge in [-0.15, -0.1) is 0 Å². The molecule has 1 saturated carbocycles. The third-order valence-electron chi connectivity index (χ3n) is 3.51. The Morgan fingerprint density at radius 3 is 2.74 bits per heavy atom. The summed E-state index contributed by atoms with van der Waals surface area (Å²) in [6.07, 6.45) is 1.16. The normalized spacial score (nSPS) is 20.7. The van der Waals surface area contributed by atoms with Crippen LogP contribution in [0.15, 0.2) is 18.2 Å². The number of amides is 1. The van der Waals surface area contributed by atoms with E-state index in [0.717, 1.165) is 13.0 Å². The van der Waals surface area contributed by atoms with Crippen LogP contribution >= 0.6 is 0 Å². The Morgan fingerprint density at radius 1 is 1.53 bits per heavy atom. The Hall–Kier alpha value is -2.11. The van der Waals surface area contributed by atoms with Crippen molar-refractivity contribution in [3.8, 4) is 0 Å². The summed E-state index contributed by atoms with van der Waals surface area (Å²) in [6, 6.07) is 4.48. The van der Waals surface area contributed by atoms with E-state index in [9.17, 15) is 14.9 Å². The quantitative estimate of drug-likeness (QED) is 0.628. The summed E-state index contributed by atoms with van der Waals surface area (Å²) in [7, 11) is 1.49. The number of carbonyl (C=O) groups excluding carboxylic acids is 1. The molecule has 2 N–H and O–H groups in total. The molecule has 2 atom stereocenters. The van der Waals surface area contributed by atoms with Crippen LogP contribution in [-0.2, 0) is 0 Å². The fourth-order valence-corrected chi connectivity index (χ4v) is 2.04. The first kappa shape index (κ1) is 13.3. The van der Waals surface area contributed by atoms with Crippen LogP contribution in [-0.4, -0.2) is 24.4 Å². The molecular formula is C13H17N3O3. The highest BCUT2D eigenvalue weighted by molar-refractivity contribution is 5.95. The summed E-state index contributed by atoms with van der Waals surface area (Å²) in [5, 5.41) is 16.6. The van der Waals surface area contributed by atoms with Crippen molar-refractivity contribution in [3.05, 3.63) is 33.9 Å². The van der Waals surface area contributed by atoms with Gasteiger partial charge in [-0.2, -0.15) is 0 Å². The summed E-state index contributed by atoms with van der Waals surface area (Å²) in [6.45, 7) is 2.90. The van der Waals surface area contributed by atoms with Gasteiger partial charge in [0.2, 0.25) is 0 Å². The highest BCUT2D eigenvalue weighted by Crippen LogP contribution is 2.38. The van der Waals surface area contributed by atoms with Gasteiger partial charge in [0.25, 0.3) is 11.6 Å². The van der Waals surface area contributed by atoms with Gasteiger partial charge >= 0.3 is 0 Å². The Bertz CT molecular complexity index is 516. The van der Waals surface area contributed by atoms with Crippen LogP contribution in [0.1, 0.15) is 23.7 Å². The Balaban J connectivity index is 2.17. The van der Waals surface area contributed by atoms with Crippen molar-refractivity contribution in [2.24, 2.45) is 11.8 Å². The minimum absolute atomic E-state index is 0.0607. The second kappa shape index (κ2) is 5.26. The Labute approximate surface area is 111 Å². The molecule has 1 aliphatic carbocycles. The van der Waals surface area contributed by atoms with E-state index < -0.39 is 4.92 Å². The number of hydrogen-bond acceptors (Lipinski definition) is 4. The highest BCUT2D eigenvalue weighted by atomic mass is 16.6. The van der Waals surface area contributed by atoms with E-state index in [-0.39, 0.29) is 11.6 Å². The fourth-order valence-electron chi connectivity index (χ4n) is 2.04. The van der Waals surface area contributed by atoms with Gasteiger partial charge < -0.3 is 10.6 Å². The lowest BCUT2D eigenvalue weighted by Gasteiger charge is -2.08. The molecule has 1 aliphatic rings. The smallest absolute Gasteiger partial charge is 0.293 e. The van der Waals surface area contributed by atoms with Crippen molar-refractivity contribution >= 4 is 17.3 Å². The van der Waals surface area contributed by atoms with Crippen LogP contribution in [0.3, 0.4) is 0 Å². The van der Waals surface area contributed by atoms with Crippen LogP contribution in [0, 0.1) is 22.0 Å². The van der Waals surface area contributed by atoms with Gasteiger partial charge in [0, 0.05) is 25.2 Å². The highest BCUT2D eigenvalue weighted by Gasteiger charge is 2.32. The second-order valence-electron chi connectivity index (χ2n) is 4.92. The van der Waals surface area contributed by atoms with Crippen molar-refractivity contribution in [2.45, 2.75) is 13.3 Å². The van der Waals surface area contributed by atoms with Crippen LogP contribution in [0.25, 0.3) is 0 Å². The predicted octanol–water partition coefficient (Wildman–Crippen LogP) is 2.02. The first-order chi connectivity index (χ1) is 9.02. The van der Waals surface area contributed by atoms with Crippen molar-refractivity contribution in [1.82, 2.24) is 5.32 Å². The summed E-state index contributed by atoms with van der Waals surface area (Å²) in [5.41, 5.74) is 0.700. The predicted molar refractivity (Wildman–Crippen MR) is 72.2 cm³/mol. The molecule has 2 rings (SSSR count). The topological polar surface area (TPSA) is 84.3 Å². The average molecular weight is 263 g/mol. The zero-order valence-electron chi connectivity index (χ0n) is 11.0. The second-order valence-corrected chi connectivity index (χ2v) is 4.92. The number of nitrogens with one attached hydrogen (secondary N) is 2. The summed E-state index contributed by atoms with van der Waals surface area (Å²) in [5.74, 6) is 0.959. The van der Waals surface area contributed by atoms with Gasteiger partial charge in [0.15, 0.2) is 0 Å². The number of benzene rings is 1. The maximum Gasteiger partial charge on any atom is 0.293 e. The zero-order valence-corrected chi connectivity index (χ0v) is 11.0. The number of carbonyl (C=O) groups is 1. The number of nitro groups is 1. The molecule has 102 valence electrons. The van der Waals surface area contributed by atoms with Crippen LogP contribution in [0.5, 0.6) is 0 Å². The van der Waals surface area contributed by atoms with E-state index in [0.29, 0.717) is 23.1 Å². The molecule has 0 aliphatic heterocycles. The molecule has 1 fully saturated rings. The van der Waals surface area contributed by atoms with Gasteiger partial charge in [0.1, 0.15) is 5.69 Å². The van der Waals surface area contributed by atoms with Gasteiger partial charge in [-0.25, -0.2) is 0 Å². The van der Waals surface area contributed by atoms with E-state index in [2.05, 4.69) is 17.6 Å². The number of hydrogen-bond donors (Lipinski definition) is 2. The van der Waals surface area contributed by atoms with E-state index in [1.165, 1.54) is 13.1 Å². The lowest BCUT2D eigenvalue weighted by Crippen LogP contribution is -2.18. The molecule has 0 saturated heterocycles. The molecule has 19 heavy (non-hydrogen) atoms. The maximum absolute atomic E-state index is 11.5. The monoisotopic (exact) mass is 263 g/mol. The maximum atomic E-state index is 11.5. The molecule has 1 aromatic rings. The van der Waals surface area contributed by atoms with E-state index in [1.54, 1.807) is 12.1 Å². The molecule has 0 aromatic heterocycles. The SMILES string of the molecule is CNC(=O)c1ccc(NCC2CC2C)c([N+](=O)[O-])c1. The summed E-state index contributed by atoms with van der Waals surface area (Å²) >= 11 is 0. The molecule has 1 aromatic carbocycles. The zero-order chi connectivity index (χ0) is 14.0. The van der Waals surface area contributed by atoms with E-state index in [4.69, 9.17) is 0 Å². The fraction of sp³-hybridized carbons (Fsp3) is 0.462. The Morgan fingerprint density at radius 2 is 2.21 bits per heavy atom. The minimum Gasteiger partial charge on any atom is -0.379 e. The number of nitrogens with zero attached hydrogens (tertiary/aromatic N) is 1. The van der Waals surface area contributed by atoms with Gasteiger partial charge in [-0.05, 0) is 30.4 Å². The third kappa shape index (κ3) is 3.01. The van der Waals surface area contributed by atoms with Crippen molar-refractivity contribution < 1.29 is 9.72 Å². The van der Waals surface area contributed by atoms with E-state index in [1.807, 2.05) is 0 Å². The molecule has 0 bridgehead atoms. The number of rotatable bonds is 5. The van der Waals surface area contributed by atoms with E-state index >= 15 is 0 Å². The van der Waals surface area contributed by atoms with Crippen LogP contribution in [0.4, 0.5) is 11.4 Å². The molecule has 6 nitrogen and oxygen atoms in total. The standard InChI is InChI=1S/C13H17N3O3/c1-8-5-10(8)7-15-11-4-3-9(13(17)14-2)6-12(11)16(18)19/h3-4,6,8,10,15H,5,7H2,1-2H3,(H,14,17). The van der Waals surface area contributed by atoms with Crippen LogP contribution in [0.2, 0.25) is 0 Å². The van der Waals surface area contributed by atoms with Gasteiger partial charge in [-0.3, -0.25) is 14.9 Å². The minimum atomic E-state index is -0.467. The first-order valence-corrected chi connectivity index (χ1v) is 6.27. The first-order valence-electron chi connectivity index (χ1n) is 6.27. The molecule has 6 heteroatoms. The van der Waals surface area contributed by atoms with Gasteiger partial charge in [0.05, 0.1) is 4.92 Å². The average Bonchev–Trinajstić information content (AvgIpc) is 3.11. The molecule has 0 spiro atoms. The summed E-state index contributed by atoms with van der Waals surface area (Å²) < 4.78 is 0. The molecule has 0 radical (unpaired) electrons.